The van der Waals surface area contributed by atoms with Crippen molar-refractivity contribution in [1.29, 1.82) is 0 Å². The largest absolute Gasteiger partial charge is 0.394 e. The Kier molecular flexibility index (Phi) is 7.82. The molecule has 1 spiro atoms. The number of amides is 3. The minimum Gasteiger partial charge on any atom is -0.394 e. The van der Waals surface area contributed by atoms with Gasteiger partial charge in [0.25, 0.3) is 5.91 Å². The molecule has 0 aliphatic carbocycles. The summed E-state index contributed by atoms with van der Waals surface area (Å²) in [5.41, 5.74) is 1.80. The Morgan fingerprint density at radius 3 is 2.42 bits per heavy atom. The maximum absolute atomic E-state index is 14.9. The normalized spacial score (nSPS) is 29.0. The third-order valence-electron chi connectivity index (χ3n) is 10.3. The number of nitrogens with zero attached hydrogens (tertiary/aromatic N) is 3. The van der Waals surface area contributed by atoms with Crippen LogP contribution in [0.5, 0.6) is 0 Å². The lowest BCUT2D eigenvalue weighted by atomic mass is 9.78. The lowest BCUT2D eigenvalue weighted by Crippen LogP contribution is -2.58. The number of aliphatic hydroxyl groups excluding tert-OH is 1. The molecule has 7 rings (SSSR count). The third-order valence-corrected chi connectivity index (χ3v) is 12.0. The average Bonchev–Trinajstić information content (AvgIpc) is 3.38. The van der Waals surface area contributed by atoms with E-state index >= 15 is 0 Å². The highest BCUT2D eigenvalue weighted by molar-refractivity contribution is 8.02. The van der Waals surface area contributed by atoms with E-state index < -0.39 is 28.7 Å². The molecule has 0 bridgehead atoms. The van der Waals surface area contributed by atoms with Crippen LogP contribution in [-0.4, -0.2) is 74.4 Å². The molecule has 4 aliphatic heterocycles. The molecule has 2 fully saturated rings. The summed E-state index contributed by atoms with van der Waals surface area (Å²) in [6.45, 7) is 5.09. The molecule has 0 aromatic heterocycles. The van der Waals surface area contributed by atoms with Crippen LogP contribution in [0, 0.1) is 17.8 Å². The molecule has 3 aromatic carbocycles. The van der Waals surface area contributed by atoms with Gasteiger partial charge in [0.05, 0.1) is 29.2 Å². The summed E-state index contributed by atoms with van der Waals surface area (Å²) in [6.07, 6.45) is 8.90. The quantitative estimate of drug-likeness (QED) is 0.374. The molecule has 7 atom stereocenters. The SMILES string of the molecule is CC[C@H](C)[C@H](CO)N1C(=O)[C@@H]2[C@@H]3C(=O)N(Cc4ccccc4)CC=C[C@@H]3S[C@@]23C=CCN(c2ccc4ccccc4c2)C(=O)C13. The summed E-state index contributed by atoms with van der Waals surface area (Å²) in [6, 6.07) is 22.6. The van der Waals surface area contributed by atoms with Crippen LogP contribution in [0.3, 0.4) is 0 Å². The number of carbonyl (C=O) groups excluding carboxylic acids is 3. The Morgan fingerprint density at radius 1 is 0.911 bits per heavy atom. The summed E-state index contributed by atoms with van der Waals surface area (Å²) in [4.78, 5) is 49.5. The molecule has 8 heteroatoms. The number of hydrogen-bond donors (Lipinski definition) is 1. The first-order valence-corrected chi connectivity index (χ1v) is 16.8. The van der Waals surface area contributed by atoms with Crippen LogP contribution in [0.2, 0.25) is 0 Å². The van der Waals surface area contributed by atoms with Gasteiger partial charge in [-0.3, -0.25) is 14.4 Å². The Labute approximate surface area is 268 Å². The monoisotopic (exact) mass is 621 g/mol. The molecule has 7 nitrogen and oxygen atoms in total. The van der Waals surface area contributed by atoms with Gasteiger partial charge < -0.3 is 19.8 Å². The Balaban J connectivity index is 1.32. The fraction of sp³-hybridized carbons (Fsp3) is 0.378. The Hall–Kier alpha value is -3.88. The molecular formula is C37H39N3O4S. The first-order chi connectivity index (χ1) is 21.9. The van der Waals surface area contributed by atoms with E-state index in [4.69, 9.17) is 0 Å². The number of fused-ring (bicyclic) bond motifs is 3. The molecular weight excluding hydrogens is 582 g/mol. The van der Waals surface area contributed by atoms with Gasteiger partial charge in [0.2, 0.25) is 11.8 Å². The van der Waals surface area contributed by atoms with E-state index in [1.54, 1.807) is 21.6 Å². The first-order valence-electron chi connectivity index (χ1n) is 16.0. The summed E-state index contributed by atoms with van der Waals surface area (Å²) in [5.74, 6) is -1.81. The number of anilines is 1. The molecule has 232 valence electrons. The van der Waals surface area contributed by atoms with E-state index in [9.17, 15) is 19.5 Å². The predicted molar refractivity (Wildman–Crippen MR) is 178 cm³/mol. The predicted octanol–water partition coefficient (Wildman–Crippen LogP) is 5.05. The van der Waals surface area contributed by atoms with E-state index in [2.05, 4.69) is 6.08 Å². The van der Waals surface area contributed by atoms with Gasteiger partial charge in [-0.05, 0) is 34.4 Å². The van der Waals surface area contributed by atoms with Crippen molar-refractivity contribution < 1.29 is 19.5 Å². The van der Waals surface area contributed by atoms with Crippen molar-refractivity contribution >= 4 is 45.9 Å². The van der Waals surface area contributed by atoms with Crippen molar-refractivity contribution in [2.24, 2.45) is 17.8 Å². The summed E-state index contributed by atoms with van der Waals surface area (Å²) in [5, 5.41) is 12.6. The maximum Gasteiger partial charge on any atom is 0.251 e. The molecule has 3 aromatic rings. The average molecular weight is 622 g/mol. The number of rotatable bonds is 7. The highest BCUT2D eigenvalue weighted by atomic mass is 32.2. The van der Waals surface area contributed by atoms with Crippen LogP contribution in [0.25, 0.3) is 10.8 Å². The molecule has 4 aliphatic rings. The summed E-state index contributed by atoms with van der Waals surface area (Å²) >= 11 is 1.58. The number of benzene rings is 3. The van der Waals surface area contributed by atoms with Crippen molar-refractivity contribution in [1.82, 2.24) is 9.80 Å². The van der Waals surface area contributed by atoms with E-state index in [0.717, 1.165) is 28.4 Å². The van der Waals surface area contributed by atoms with Crippen molar-refractivity contribution in [2.45, 2.75) is 48.9 Å². The number of thioether (sulfide) groups is 1. The zero-order valence-electron chi connectivity index (χ0n) is 25.7. The second kappa shape index (κ2) is 11.8. The highest BCUT2D eigenvalue weighted by Crippen LogP contribution is 2.61. The molecule has 0 saturated carbocycles. The summed E-state index contributed by atoms with van der Waals surface area (Å²) in [7, 11) is 0. The van der Waals surface area contributed by atoms with Crippen molar-refractivity contribution in [3.63, 3.8) is 0 Å². The van der Waals surface area contributed by atoms with Crippen molar-refractivity contribution in [2.75, 3.05) is 24.6 Å². The second-order valence-electron chi connectivity index (χ2n) is 12.7. The van der Waals surface area contributed by atoms with Gasteiger partial charge in [0, 0.05) is 30.6 Å². The van der Waals surface area contributed by atoms with Gasteiger partial charge >= 0.3 is 0 Å². The lowest BCUT2D eigenvalue weighted by molar-refractivity contribution is -0.145. The van der Waals surface area contributed by atoms with Crippen LogP contribution in [0.4, 0.5) is 5.69 Å². The molecule has 4 heterocycles. The zero-order valence-corrected chi connectivity index (χ0v) is 26.5. The van der Waals surface area contributed by atoms with Crippen LogP contribution in [-0.2, 0) is 20.9 Å². The minimum absolute atomic E-state index is 0.0379. The maximum atomic E-state index is 14.9. The van der Waals surface area contributed by atoms with Crippen LogP contribution in [0.15, 0.2) is 97.1 Å². The van der Waals surface area contributed by atoms with Crippen LogP contribution >= 0.6 is 11.8 Å². The van der Waals surface area contributed by atoms with Crippen molar-refractivity contribution in [3.05, 3.63) is 103 Å². The highest BCUT2D eigenvalue weighted by Gasteiger charge is 2.72. The topological polar surface area (TPSA) is 81.2 Å². The van der Waals surface area contributed by atoms with Gasteiger partial charge in [0.1, 0.15) is 6.04 Å². The van der Waals surface area contributed by atoms with E-state index in [0.29, 0.717) is 19.6 Å². The number of hydrogen-bond acceptors (Lipinski definition) is 5. The third kappa shape index (κ3) is 4.81. The minimum atomic E-state index is -0.939. The molecule has 1 N–H and O–H groups in total. The van der Waals surface area contributed by atoms with Crippen LogP contribution < -0.4 is 4.90 Å². The summed E-state index contributed by atoms with van der Waals surface area (Å²) < 4.78 is -0.939. The Morgan fingerprint density at radius 2 is 1.67 bits per heavy atom. The van der Waals surface area contributed by atoms with Gasteiger partial charge in [-0.15, -0.1) is 11.8 Å². The van der Waals surface area contributed by atoms with Crippen molar-refractivity contribution in [3.8, 4) is 0 Å². The number of carbonyl (C=O) groups is 3. The van der Waals surface area contributed by atoms with Crippen LogP contribution in [0.1, 0.15) is 25.8 Å². The van der Waals surface area contributed by atoms with E-state index in [1.165, 1.54) is 0 Å². The van der Waals surface area contributed by atoms with Gasteiger partial charge in [0.15, 0.2) is 0 Å². The van der Waals surface area contributed by atoms with Gasteiger partial charge in [-0.1, -0.05) is 105 Å². The zero-order chi connectivity index (χ0) is 31.3. The molecule has 0 radical (unpaired) electrons. The van der Waals surface area contributed by atoms with E-state index in [-0.39, 0.29) is 35.5 Å². The molecule has 45 heavy (non-hydrogen) atoms. The fourth-order valence-electron chi connectivity index (χ4n) is 7.82. The second-order valence-corrected chi connectivity index (χ2v) is 14.2. The number of aliphatic hydroxyl groups is 1. The molecule has 1 unspecified atom stereocenters. The lowest BCUT2D eigenvalue weighted by Gasteiger charge is -2.40. The smallest absolute Gasteiger partial charge is 0.251 e. The van der Waals surface area contributed by atoms with Gasteiger partial charge in [-0.25, -0.2) is 0 Å². The molecule has 3 amide bonds. The first kappa shape index (κ1) is 29.8. The van der Waals surface area contributed by atoms with Gasteiger partial charge in [-0.2, -0.15) is 0 Å². The fourth-order valence-corrected chi connectivity index (χ4v) is 9.82. The standard InChI is InChI=1S/C37H39N3O4S/c1-3-24(2)29(23-41)40-33-36(44)39(28-17-16-26-13-7-8-14-27(26)21-28)20-10-18-37(33)32(35(40)43)31-30(45-37)15-9-19-38(34(31)42)22-25-11-5-4-6-12-25/h4-18,21,24,29-33,41H,3,19-20,22-23H2,1-2H3/t24-,29-,30-,31+,32-,33?,37-/m0/s1. The van der Waals surface area contributed by atoms with E-state index in [1.807, 2.05) is 110 Å². The Bertz CT molecular complexity index is 1690. The molecule has 2 saturated heterocycles. The number of likely N-dealkylation sites (tertiary alicyclic amines) is 1.